The summed E-state index contributed by atoms with van der Waals surface area (Å²) in [5, 5.41) is 22.4. The summed E-state index contributed by atoms with van der Waals surface area (Å²) in [7, 11) is 0. The Hall–Kier alpha value is -2.65. The predicted octanol–water partition coefficient (Wildman–Crippen LogP) is 2.36. The Bertz CT molecular complexity index is 1170. The van der Waals surface area contributed by atoms with E-state index in [9.17, 15) is 15.0 Å². The van der Waals surface area contributed by atoms with E-state index in [0.29, 0.717) is 25.3 Å². The summed E-state index contributed by atoms with van der Waals surface area (Å²) in [6, 6.07) is 15.3. The molecular formula is C23H24N4O3S. The van der Waals surface area contributed by atoms with Crippen LogP contribution in [0.25, 0.3) is 10.9 Å². The number of thioether (sulfide) groups is 1. The minimum atomic E-state index is -1.16. The summed E-state index contributed by atoms with van der Waals surface area (Å²) in [5.41, 5.74) is 8.53. The molecule has 2 aromatic carbocycles. The van der Waals surface area contributed by atoms with Crippen LogP contribution < -0.4 is 15.5 Å². The molecule has 2 aliphatic rings. The number of fused-ring (bicyclic) bond motifs is 2. The van der Waals surface area contributed by atoms with Crippen LogP contribution in [0.2, 0.25) is 0 Å². The summed E-state index contributed by atoms with van der Waals surface area (Å²) in [6.45, 7) is 2.82. The van der Waals surface area contributed by atoms with Crippen LogP contribution in [0.5, 0.6) is 0 Å². The number of amides is 1. The van der Waals surface area contributed by atoms with Gasteiger partial charge in [-0.1, -0.05) is 41.6 Å². The van der Waals surface area contributed by atoms with Gasteiger partial charge in [-0.25, -0.2) is 4.98 Å². The SMILES string of the molecule is Cc1ccc2nc(N3Cc4ccccc4SC(O)C3O)cc(N3CC(N)CC3=O)c2c1. The second-order valence-corrected chi connectivity index (χ2v) is 9.30. The van der Waals surface area contributed by atoms with Crippen LogP contribution in [0.1, 0.15) is 17.5 Å². The highest BCUT2D eigenvalue weighted by molar-refractivity contribution is 7.99. The van der Waals surface area contributed by atoms with E-state index in [4.69, 9.17) is 10.7 Å². The quantitative estimate of drug-likeness (QED) is 0.567. The third-order valence-corrected chi connectivity index (χ3v) is 6.94. The first-order chi connectivity index (χ1) is 14.9. The van der Waals surface area contributed by atoms with Gasteiger partial charge in [-0.2, -0.15) is 0 Å². The van der Waals surface area contributed by atoms with Gasteiger partial charge in [0.25, 0.3) is 0 Å². The van der Waals surface area contributed by atoms with Crippen molar-refractivity contribution in [1.29, 1.82) is 0 Å². The molecule has 1 aromatic heterocycles. The second-order valence-electron chi connectivity index (χ2n) is 8.15. The molecule has 31 heavy (non-hydrogen) atoms. The van der Waals surface area contributed by atoms with Crippen LogP contribution in [0.3, 0.4) is 0 Å². The van der Waals surface area contributed by atoms with Crippen molar-refractivity contribution in [3.63, 3.8) is 0 Å². The third kappa shape index (κ3) is 3.65. The van der Waals surface area contributed by atoms with Crippen molar-refractivity contribution >= 4 is 40.1 Å². The number of anilines is 2. The van der Waals surface area contributed by atoms with E-state index >= 15 is 0 Å². The van der Waals surface area contributed by atoms with Crippen LogP contribution >= 0.6 is 11.8 Å². The van der Waals surface area contributed by atoms with E-state index in [1.807, 2.05) is 55.5 Å². The third-order valence-electron chi connectivity index (χ3n) is 5.80. The van der Waals surface area contributed by atoms with E-state index in [1.165, 1.54) is 11.8 Å². The van der Waals surface area contributed by atoms with E-state index in [2.05, 4.69) is 0 Å². The first kappa shape index (κ1) is 20.3. The number of rotatable bonds is 2. The first-order valence-electron chi connectivity index (χ1n) is 10.3. The van der Waals surface area contributed by atoms with Gasteiger partial charge >= 0.3 is 0 Å². The highest BCUT2D eigenvalue weighted by Crippen LogP contribution is 2.38. The lowest BCUT2D eigenvalue weighted by atomic mass is 10.1. The van der Waals surface area contributed by atoms with Gasteiger partial charge in [-0.3, -0.25) is 4.79 Å². The lowest BCUT2D eigenvalue weighted by Gasteiger charge is -2.30. The summed E-state index contributed by atoms with van der Waals surface area (Å²) in [6.07, 6.45) is -0.850. The first-order valence-corrected chi connectivity index (χ1v) is 11.1. The maximum atomic E-state index is 12.7. The fourth-order valence-electron chi connectivity index (χ4n) is 4.23. The molecule has 1 fully saturated rings. The van der Waals surface area contributed by atoms with Crippen LogP contribution in [-0.4, -0.2) is 45.4 Å². The Balaban J connectivity index is 1.66. The average Bonchev–Trinajstić information content (AvgIpc) is 3.02. The van der Waals surface area contributed by atoms with Crippen molar-refractivity contribution in [1.82, 2.24) is 4.98 Å². The van der Waals surface area contributed by atoms with Crippen LogP contribution in [0.15, 0.2) is 53.4 Å². The second kappa shape index (κ2) is 7.80. The van der Waals surface area contributed by atoms with E-state index in [-0.39, 0.29) is 11.9 Å². The van der Waals surface area contributed by atoms with Crippen molar-refractivity contribution in [2.75, 3.05) is 16.3 Å². The normalized spacial score (nSPS) is 23.9. The number of carbonyl (C=O) groups is 1. The zero-order valence-corrected chi connectivity index (χ0v) is 17.9. The maximum Gasteiger partial charge on any atom is 0.228 e. The Labute approximate surface area is 184 Å². The molecule has 3 unspecified atom stereocenters. The molecule has 0 saturated carbocycles. The Kier molecular flexibility index (Phi) is 5.10. The molecule has 4 N–H and O–H groups in total. The largest absolute Gasteiger partial charge is 0.377 e. The topological polar surface area (TPSA) is 103 Å². The molecule has 7 nitrogen and oxygen atoms in total. The number of aliphatic hydroxyl groups excluding tert-OH is 2. The van der Waals surface area contributed by atoms with Gasteiger partial charge in [0.1, 0.15) is 11.3 Å². The molecule has 2 aliphatic heterocycles. The number of pyridine rings is 1. The van der Waals surface area contributed by atoms with E-state index in [1.54, 1.807) is 9.80 Å². The standard InChI is InChI=1S/C23H24N4O3S/c1-13-6-7-17-16(8-13)18(26-12-15(24)9-21(26)28)10-20(25-17)27-11-14-4-2-3-5-19(14)31-23(30)22(27)29/h2-8,10,15,22-23,29-30H,9,11-12,24H2,1H3. The van der Waals surface area contributed by atoms with Crippen LogP contribution in [-0.2, 0) is 11.3 Å². The molecule has 3 heterocycles. The molecule has 0 radical (unpaired) electrons. The van der Waals surface area contributed by atoms with Crippen molar-refractivity contribution in [3.05, 3.63) is 59.7 Å². The monoisotopic (exact) mass is 436 g/mol. The zero-order chi connectivity index (χ0) is 21.7. The van der Waals surface area contributed by atoms with Crippen molar-refractivity contribution in [2.24, 2.45) is 5.73 Å². The Morgan fingerprint density at radius 1 is 1.16 bits per heavy atom. The highest BCUT2D eigenvalue weighted by atomic mass is 32.2. The fourth-order valence-corrected chi connectivity index (χ4v) is 5.20. The van der Waals surface area contributed by atoms with Crippen molar-refractivity contribution < 1.29 is 15.0 Å². The molecule has 160 valence electrons. The van der Waals surface area contributed by atoms with Crippen LogP contribution in [0, 0.1) is 6.92 Å². The Morgan fingerprint density at radius 3 is 2.74 bits per heavy atom. The molecular weight excluding hydrogens is 412 g/mol. The molecule has 1 saturated heterocycles. The van der Waals surface area contributed by atoms with Gasteiger partial charge in [-0.15, -0.1) is 0 Å². The lowest BCUT2D eigenvalue weighted by Crippen LogP contribution is -2.41. The van der Waals surface area contributed by atoms with E-state index < -0.39 is 11.7 Å². The zero-order valence-electron chi connectivity index (χ0n) is 17.1. The number of aromatic nitrogens is 1. The molecule has 0 bridgehead atoms. The number of hydrogen-bond donors (Lipinski definition) is 3. The summed E-state index contributed by atoms with van der Waals surface area (Å²) in [5.74, 6) is 0.480. The number of aliphatic hydroxyl groups is 2. The van der Waals surface area contributed by atoms with Gasteiger partial charge in [0.05, 0.1) is 11.2 Å². The number of hydrogen-bond acceptors (Lipinski definition) is 7. The average molecular weight is 437 g/mol. The predicted molar refractivity (Wildman–Crippen MR) is 122 cm³/mol. The molecule has 8 heteroatoms. The minimum absolute atomic E-state index is 0.0233. The number of benzene rings is 2. The van der Waals surface area contributed by atoms with Crippen LogP contribution in [0.4, 0.5) is 11.5 Å². The molecule has 3 aromatic rings. The number of nitrogens with zero attached hydrogens (tertiary/aromatic N) is 3. The summed E-state index contributed by atoms with van der Waals surface area (Å²) >= 11 is 1.23. The molecule has 0 spiro atoms. The smallest absolute Gasteiger partial charge is 0.228 e. The minimum Gasteiger partial charge on any atom is -0.377 e. The summed E-state index contributed by atoms with van der Waals surface area (Å²) in [4.78, 5) is 21.8. The molecule has 3 atom stereocenters. The number of carbonyl (C=O) groups excluding carboxylic acids is 1. The highest BCUT2D eigenvalue weighted by Gasteiger charge is 2.33. The lowest BCUT2D eigenvalue weighted by molar-refractivity contribution is -0.117. The summed E-state index contributed by atoms with van der Waals surface area (Å²) < 4.78 is 0. The van der Waals surface area contributed by atoms with Crippen molar-refractivity contribution in [3.8, 4) is 0 Å². The molecule has 0 aliphatic carbocycles. The molecule has 5 rings (SSSR count). The number of nitrogens with two attached hydrogens (primary N) is 1. The van der Waals surface area contributed by atoms with Crippen molar-refractivity contribution in [2.45, 2.75) is 42.5 Å². The number of aryl methyl sites for hydroxylation is 1. The fraction of sp³-hybridized carbons (Fsp3) is 0.304. The van der Waals surface area contributed by atoms with Gasteiger partial charge in [0, 0.05) is 41.9 Å². The van der Waals surface area contributed by atoms with Gasteiger partial charge in [0.15, 0.2) is 6.23 Å². The van der Waals surface area contributed by atoms with Gasteiger partial charge in [0.2, 0.25) is 5.91 Å². The Morgan fingerprint density at radius 2 is 1.97 bits per heavy atom. The molecule has 1 amide bonds. The maximum absolute atomic E-state index is 12.7. The van der Waals surface area contributed by atoms with Gasteiger partial charge < -0.3 is 25.7 Å². The van der Waals surface area contributed by atoms with Gasteiger partial charge in [-0.05, 0) is 30.7 Å². The van der Waals surface area contributed by atoms with E-state index in [0.717, 1.165) is 32.6 Å².